The molecule has 27 heavy (non-hydrogen) atoms. The molecule has 0 aromatic heterocycles. The molecule has 0 spiro atoms. The Balaban J connectivity index is 1.73. The zero-order chi connectivity index (χ0) is 18.8. The van der Waals surface area contributed by atoms with Gasteiger partial charge in [-0.05, 0) is 36.1 Å². The van der Waals surface area contributed by atoms with Crippen molar-refractivity contribution in [2.45, 2.75) is 19.4 Å². The minimum absolute atomic E-state index is 0.198. The lowest BCUT2D eigenvalue weighted by Gasteiger charge is -2.20. The number of benzene rings is 2. The maximum Gasteiger partial charge on any atom is 0.278 e. The van der Waals surface area contributed by atoms with Gasteiger partial charge in [0.1, 0.15) is 11.4 Å². The highest BCUT2D eigenvalue weighted by Gasteiger charge is 2.41. The number of nitrogens with zero attached hydrogens (tertiary/aromatic N) is 2. The van der Waals surface area contributed by atoms with Crippen molar-refractivity contribution in [1.82, 2.24) is 9.80 Å². The molecule has 138 valence electrons. The fourth-order valence-corrected chi connectivity index (χ4v) is 3.72. The first-order chi connectivity index (χ1) is 13.2. The Bertz CT molecular complexity index is 882. The van der Waals surface area contributed by atoms with Crippen molar-refractivity contribution in [1.29, 1.82) is 0 Å². The summed E-state index contributed by atoms with van der Waals surface area (Å²) in [6.45, 7) is 1.91. The van der Waals surface area contributed by atoms with Crippen LogP contribution in [0.3, 0.4) is 0 Å². The normalized spacial score (nSPS) is 17.2. The fourth-order valence-electron chi connectivity index (χ4n) is 3.72. The highest BCUT2D eigenvalue weighted by molar-refractivity contribution is 6.35. The average Bonchev–Trinajstić information content (AvgIpc) is 3.31. The van der Waals surface area contributed by atoms with Gasteiger partial charge in [-0.2, -0.15) is 0 Å². The second-order valence-corrected chi connectivity index (χ2v) is 6.83. The smallest absolute Gasteiger partial charge is 0.278 e. The van der Waals surface area contributed by atoms with Gasteiger partial charge < -0.3 is 9.64 Å². The first-order valence-electron chi connectivity index (χ1n) is 9.23. The summed E-state index contributed by atoms with van der Waals surface area (Å²) in [4.78, 5) is 29.9. The van der Waals surface area contributed by atoms with E-state index in [0.29, 0.717) is 11.3 Å². The summed E-state index contributed by atoms with van der Waals surface area (Å²) in [5.74, 6) is 0.299. The molecule has 2 aliphatic rings. The van der Waals surface area contributed by atoms with Gasteiger partial charge >= 0.3 is 0 Å². The van der Waals surface area contributed by atoms with Gasteiger partial charge in [-0.1, -0.05) is 42.5 Å². The number of carbonyl (C=O) groups excluding carboxylic acids is 2. The van der Waals surface area contributed by atoms with Crippen LogP contribution in [0.2, 0.25) is 0 Å². The van der Waals surface area contributed by atoms with Gasteiger partial charge in [-0.3, -0.25) is 14.5 Å². The van der Waals surface area contributed by atoms with E-state index >= 15 is 0 Å². The maximum atomic E-state index is 13.2. The molecule has 5 heteroatoms. The molecular formula is C22H22N2O3. The summed E-state index contributed by atoms with van der Waals surface area (Å²) in [7, 11) is 1.61. The number of hydrogen-bond donors (Lipinski definition) is 0. The first-order valence-corrected chi connectivity index (χ1v) is 9.23. The van der Waals surface area contributed by atoms with Crippen molar-refractivity contribution < 1.29 is 14.3 Å². The highest BCUT2D eigenvalue weighted by atomic mass is 16.5. The van der Waals surface area contributed by atoms with Crippen LogP contribution in [0, 0.1) is 0 Å². The zero-order valence-electron chi connectivity index (χ0n) is 15.4. The molecule has 4 rings (SSSR count). The van der Waals surface area contributed by atoms with Crippen molar-refractivity contribution in [3.63, 3.8) is 0 Å². The molecule has 5 nitrogen and oxygen atoms in total. The average molecular weight is 362 g/mol. The number of likely N-dealkylation sites (tertiary alicyclic amines) is 1. The Labute approximate surface area is 158 Å². The van der Waals surface area contributed by atoms with Crippen LogP contribution in [0.5, 0.6) is 5.75 Å². The molecule has 2 aromatic rings. The summed E-state index contributed by atoms with van der Waals surface area (Å²) in [6, 6.07) is 17.0. The molecule has 0 bridgehead atoms. The van der Waals surface area contributed by atoms with Gasteiger partial charge in [0.15, 0.2) is 0 Å². The summed E-state index contributed by atoms with van der Waals surface area (Å²) in [5, 5.41) is 0. The van der Waals surface area contributed by atoms with Crippen LogP contribution in [0.1, 0.15) is 24.0 Å². The molecular weight excluding hydrogens is 340 g/mol. The zero-order valence-corrected chi connectivity index (χ0v) is 15.4. The molecule has 0 atom stereocenters. The number of methoxy groups -OCH3 is 1. The largest absolute Gasteiger partial charge is 0.497 e. The molecule has 1 saturated heterocycles. The first kappa shape index (κ1) is 17.3. The van der Waals surface area contributed by atoms with Crippen molar-refractivity contribution >= 4 is 17.4 Å². The van der Waals surface area contributed by atoms with Gasteiger partial charge in [-0.15, -0.1) is 0 Å². The van der Waals surface area contributed by atoms with Crippen molar-refractivity contribution in [2.75, 3.05) is 20.2 Å². The third-order valence-electron chi connectivity index (χ3n) is 5.13. The summed E-state index contributed by atoms with van der Waals surface area (Å²) in [6.07, 6.45) is 2.08. The molecule has 1 fully saturated rings. The number of amides is 2. The van der Waals surface area contributed by atoms with Gasteiger partial charge in [-0.25, -0.2) is 0 Å². The monoisotopic (exact) mass is 362 g/mol. The Morgan fingerprint density at radius 1 is 0.889 bits per heavy atom. The predicted octanol–water partition coefficient (Wildman–Crippen LogP) is 3.07. The van der Waals surface area contributed by atoms with Crippen LogP contribution in [-0.4, -0.2) is 41.8 Å². The topological polar surface area (TPSA) is 49.9 Å². The number of carbonyl (C=O) groups is 2. The third-order valence-corrected chi connectivity index (χ3v) is 5.13. The van der Waals surface area contributed by atoms with E-state index in [-0.39, 0.29) is 18.4 Å². The van der Waals surface area contributed by atoms with Crippen molar-refractivity contribution in [3.8, 4) is 5.75 Å². The van der Waals surface area contributed by atoms with Crippen LogP contribution < -0.4 is 4.74 Å². The standard InChI is InChI=1S/C22H22N2O3/c1-27-18-11-9-17(10-12-18)19-20(23-13-5-6-14-23)22(26)24(21(19)25)15-16-7-3-2-4-8-16/h2-4,7-12H,5-6,13-15H2,1H3. The summed E-state index contributed by atoms with van der Waals surface area (Å²) >= 11 is 0. The quantitative estimate of drug-likeness (QED) is 0.767. The Morgan fingerprint density at radius 2 is 1.56 bits per heavy atom. The summed E-state index contributed by atoms with van der Waals surface area (Å²) in [5.41, 5.74) is 2.74. The van der Waals surface area contributed by atoms with E-state index < -0.39 is 0 Å². The van der Waals surface area contributed by atoms with Gasteiger partial charge in [0.2, 0.25) is 0 Å². The second kappa shape index (κ2) is 7.27. The third kappa shape index (κ3) is 3.21. The van der Waals surface area contributed by atoms with Crippen LogP contribution in [-0.2, 0) is 16.1 Å². The molecule has 2 amide bonds. The van der Waals surface area contributed by atoms with Gasteiger partial charge in [0, 0.05) is 13.1 Å². The lowest BCUT2D eigenvalue weighted by Crippen LogP contribution is -2.34. The van der Waals surface area contributed by atoms with Crippen LogP contribution in [0.15, 0.2) is 60.3 Å². The van der Waals surface area contributed by atoms with E-state index in [0.717, 1.165) is 42.8 Å². The van der Waals surface area contributed by atoms with Crippen LogP contribution in [0.25, 0.3) is 5.57 Å². The Hall–Kier alpha value is -3.08. The Kier molecular flexibility index (Phi) is 4.67. The van der Waals surface area contributed by atoms with Crippen LogP contribution >= 0.6 is 0 Å². The minimum atomic E-state index is -0.226. The molecule has 0 radical (unpaired) electrons. The van der Waals surface area contributed by atoms with E-state index in [2.05, 4.69) is 4.90 Å². The number of imide groups is 1. The van der Waals surface area contributed by atoms with Gasteiger partial charge in [0.05, 0.1) is 19.2 Å². The van der Waals surface area contributed by atoms with E-state index in [1.54, 1.807) is 7.11 Å². The number of ether oxygens (including phenoxy) is 1. The second-order valence-electron chi connectivity index (χ2n) is 6.83. The fraction of sp³-hybridized carbons (Fsp3) is 0.273. The Morgan fingerprint density at radius 3 is 2.19 bits per heavy atom. The molecule has 0 saturated carbocycles. The lowest BCUT2D eigenvalue weighted by molar-refractivity contribution is -0.138. The van der Waals surface area contributed by atoms with Crippen molar-refractivity contribution in [3.05, 3.63) is 71.4 Å². The SMILES string of the molecule is COc1ccc(C2=C(N3CCCC3)C(=O)N(Cc3ccccc3)C2=O)cc1. The van der Waals surface area contributed by atoms with E-state index in [1.165, 1.54) is 4.90 Å². The van der Waals surface area contributed by atoms with E-state index in [9.17, 15) is 9.59 Å². The summed E-state index contributed by atoms with van der Waals surface area (Å²) < 4.78 is 5.22. The molecule has 0 N–H and O–H groups in total. The molecule has 2 heterocycles. The van der Waals surface area contributed by atoms with E-state index in [4.69, 9.17) is 4.74 Å². The van der Waals surface area contributed by atoms with Crippen LogP contribution in [0.4, 0.5) is 0 Å². The van der Waals surface area contributed by atoms with E-state index in [1.807, 2.05) is 54.6 Å². The molecule has 0 aliphatic carbocycles. The molecule has 2 aliphatic heterocycles. The molecule has 0 unspecified atom stereocenters. The number of rotatable bonds is 5. The van der Waals surface area contributed by atoms with Gasteiger partial charge in [0.25, 0.3) is 11.8 Å². The minimum Gasteiger partial charge on any atom is -0.497 e. The molecule has 2 aromatic carbocycles. The highest BCUT2D eigenvalue weighted by Crippen LogP contribution is 2.34. The predicted molar refractivity (Wildman–Crippen MR) is 103 cm³/mol. The lowest BCUT2D eigenvalue weighted by atomic mass is 10.0. The maximum absolute atomic E-state index is 13.2. The number of hydrogen-bond acceptors (Lipinski definition) is 4. The van der Waals surface area contributed by atoms with Crippen molar-refractivity contribution in [2.24, 2.45) is 0 Å².